The lowest BCUT2D eigenvalue weighted by atomic mass is 9.79. The summed E-state index contributed by atoms with van der Waals surface area (Å²) in [5.41, 5.74) is 1.42. The first-order valence-corrected chi connectivity index (χ1v) is 13.1. The van der Waals surface area contributed by atoms with Gasteiger partial charge in [-0.25, -0.2) is 0 Å². The van der Waals surface area contributed by atoms with Gasteiger partial charge in [-0.2, -0.15) is 0 Å². The number of carboxylic acid groups (broad SMARTS) is 1. The molecule has 1 aliphatic heterocycles. The molecule has 0 spiro atoms. The van der Waals surface area contributed by atoms with E-state index in [1.807, 2.05) is 48.2 Å². The Bertz CT molecular complexity index is 1150. The molecule has 7 heteroatoms. The molecule has 1 saturated heterocycles. The lowest BCUT2D eigenvalue weighted by Crippen LogP contribution is -2.42. The average Bonchev–Trinajstić information content (AvgIpc) is 2.87. The summed E-state index contributed by atoms with van der Waals surface area (Å²) in [6.45, 7) is 2.65. The molecular weight excluding hydrogens is 460 g/mol. The summed E-state index contributed by atoms with van der Waals surface area (Å²) in [6.07, 6.45) is 3.85. The quantitative estimate of drug-likeness (QED) is 0.283. The van der Waals surface area contributed by atoms with Crippen LogP contribution in [0, 0.1) is 11.8 Å². The number of nitrogens with zero attached hydrogens (tertiary/aromatic N) is 2. The number of likely N-dealkylation sites (tertiary alicyclic amines) is 1. The third kappa shape index (κ3) is 6.83. The number of ether oxygens (including phenoxy) is 1. The number of rotatable bonds is 11. The molecule has 1 aromatic heterocycles. The van der Waals surface area contributed by atoms with Crippen molar-refractivity contribution in [2.75, 3.05) is 32.5 Å². The zero-order valence-corrected chi connectivity index (χ0v) is 20.9. The van der Waals surface area contributed by atoms with E-state index in [9.17, 15) is 14.7 Å². The van der Waals surface area contributed by atoms with E-state index in [1.54, 1.807) is 19.4 Å². The molecular formula is C28H32N2O4S. The van der Waals surface area contributed by atoms with E-state index in [0.29, 0.717) is 24.2 Å². The molecule has 184 valence electrons. The van der Waals surface area contributed by atoms with Crippen LogP contribution in [0.5, 0.6) is 5.75 Å². The Balaban J connectivity index is 1.35. The third-order valence-corrected chi connectivity index (χ3v) is 7.82. The van der Waals surface area contributed by atoms with Crippen LogP contribution >= 0.6 is 11.8 Å². The van der Waals surface area contributed by atoms with Gasteiger partial charge in [0.1, 0.15) is 5.75 Å². The highest BCUT2D eigenvalue weighted by molar-refractivity contribution is 7.99. The Labute approximate surface area is 210 Å². The number of carboxylic acids is 1. The Morgan fingerprint density at radius 1 is 1.14 bits per heavy atom. The molecule has 1 N–H and O–H groups in total. The highest BCUT2D eigenvalue weighted by Crippen LogP contribution is 2.32. The van der Waals surface area contributed by atoms with E-state index in [4.69, 9.17) is 4.74 Å². The predicted octanol–water partition coefficient (Wildman–Crippen LogP) is 5.41. The number of hydrogen-bond donors (Lipinski definition) is 1. The van der Waals surface area contributed by atoms with Crippen LogP contribution in [0.4, 0.5) is 0 Å². The van der Waals surface area contributed by atoms with Crippen LogP contribution in [-0.2, 0) is 4.79 Å². The zero-order valence-electron chi connectivity index (χ0n) is 20.1. The summed E-state index contributed by atoms with van der Waals surface area (Å²) in [4.78, 5) is 32.7. The van der Waals surface area contributed by atoms with Crippen molar-refractivity contribution in [3.05, 3.63) is 66.4 Å². The van der Waals surface area contributed by atoms with Gasteiger partial charge in [0.25, 0.3) is 0 Å². The summed E-state index contributed by atoms with van der Waals surface area (Å²) in [5.74, 6) is 1.27. The molecule has 0 saturated carbocycles. The van der Waals surface area contributed by atoms with Gasteiger partial charge in [0, 0.05) is 53.7 Å². The second kappa shape index (κ2) is 12.2. The number of aliphatic carboxylic acids is 1. The number of hydrogen-bond acceptors (Lipinski definition) is 6. The predicted molar refractivity (Wildman–Crippen MR) is 139 cm³/mol. The molecule has 35 heavy (non-hydrogen) atoms. The summed E-state index contributed by atoms with van der Waals surface area (Å²) in [6, 6.07) is 17.7. The molecule has 0 radical (unpaired) electrons. The molecule has 2 aromatic carbocycles. The van der Waals surface area contributed by atoms with E-state index in [0.717, 1.165) is 42.7 Å². The Morgan fingerprint density at radius 2 is 1.97 bits per heavy atom. The van der Waals surface area contributed by atoms with Gasteiger partial charge in [0.2, 0.25) is 0 Å². The average molecular weight is 493 g/mol. The van der Waals surface area contributed by atoms with Crippen molar-refractivity contribution >= 4 is 34.4 Å². The van der Waals surface area contributed by atoms with Crippen LogP contribution in [-0.4, -0.2) is 59.2 Å². The van der Waals surface area contributed by atoms with E-state index in [2.05, 4.69) is 22.0 Å². The van der Waals surface area contributed by atoms with Crippen LogP contribution < -0.4 is 4.74 Å². The maximum atomic E-state index is 13.2. The normalized spacial score (nSPS) is 18.4. The second-order valence-corrected chi connectivity index (χ2v) is 10.2. The number of piperidine rings is 1. The first kappa shape index (κ1) is 25.2. The first-order chi connectivity index (χ1) is 17.0. The molecule has 2 heterocycles. The van der Waals surface area contributed by atoms with Gasteiger partial charge in [-0.05, 0) is 67.6 Å². The maximum absolute atomic E-state index is 13.2. The lowest BCUT2D eigenvalue weighted by Gasteiger charge is -2.38. The van der Waals surface area contributed by atoms with Crippen LogP contribution in [0.3, 0.4) is 0 Å². The fourth-order valence-electron chi connectivity index (χ4n) is 4.95. The van der Waals surface area contributed by atoms with Gasteiger partial charge < -0.3 is 14.7 Å². The Morgan fingerprint density at radius 3 is 2.74 bits per heavy atom. The highest BCUT2D eigenvalue weighted by atomic mass is 32.2. The summed E-state index contributed by atoms with van der Waals surface area (Å²) < 4.78 is 5.33. The van der Waals surface area contributed by atoms with Crippen molar-refractivity contribution < 1.29 is 19.4 Å². The van der Waals surface area contributed by atoms with Gasteiger partial charge >= 0.3 is 5.97 Å². The fourth-order valence-corrected chi connectivity index (χ4v) is 5.89. The van der Waals surface area contributed by atoms with E-state index < -0.39 is 5.97 Å². The molecule has 0 aliphatic carbocycles. The molecule has 4 rings (SSSR count). The molecule has 1 aliphatic rings. The topological polar surface area (TPSA) is 79.7 Å². The van der Waals surface area contributed by atoms with Gasteiger partial charge in [-0.3, -0.25) is 14.6 Å². The summed E-state index contributed by atoms with van der Waals surface area (Å²) in [7, 11) is 1.61. The van der Waals surface area contributed by atoms with E-state index >= 15 is 0 Å². The maximum Gasteiger partial charge on any atom is 0.303 e. The standard InChI is InChI=1S/C28H32N2O4S/c1-34-22-8-9-26-25(18-22)24(11-13-29-26)27(31)10-7-20-12-14-30(19-21(20)17-28(32)33)15-16-35-23-5-3-2-4-6-23/h2-6,8-9,11,13,18,20-21H,7,10,12,14-17,19H2,1H3,(H,32,33)/t20-,21+/m1/s1. The van der Waals surface area contributed by atoms with Crippen molar-refractivity contribution in [1.82, 2.24) is 9.88 Å². The molecule has 2 atom stereocenters. The number of fused-ring (bicyclic) bond motifs is 1. The number of aromatic nitrogens is 1. The van der Waals surface area contributed by atoms with Crippen LogP contribution in [0.1, 0.15) is 36.0 Å². The van der Waals surface area contributed by atoms with Crippen molar-refractivity contribution in [3.8, 4) is 5.75 Å². The third-order valence-electron chi connectivity index (χ3n) is 6.82. The number of benzene rings is 2. The molecule has 1 fully saturated rings. The number of thioether (sulfide) groups is 1. The van der Waals surface area contributed by atoms with Gasteiger partial charge in [-0.1, -0.05) is 18.2 Å². The first-order valence-electron chi connectivity index (χ1n) is 12.1. The van der Waals surface area contributed by atoms with Crippen molar-refractivity contribution in [2.24, 2.45) is 11.8 Å². The lowest BCUT2D eigenvalue weighted by molar-refractivity contribution is -0.139. The van der Waals surface area contributed by atoms with Crippen LogP contribution in [0.25, 0.3) is 10.9 Å². The van der Waals surface area contributed by atoms with Gasteiger partial charge in [0.05, 0.1) is 12.6 Å². The number of carbonyl (C=O) groups is 2. The highest BCUT2D eigenvalue weighted by Gasteiger charge is 2.31. The minimum atomic E-state index is -0.765. The Kier molecular flexibility index (Phi) is 8.77. The largest absolute Gasteiger partial charge is 0.497 e. The molecule has 6 nitrogen and oxygen atoms in total. The number of Topliss-reactive ketones (excluding diaryl/α,β-unsaturated/α-hetero) is 1. The second-order valence-electron chi connectivity index (χ2n) is 9.07. The number of pyridine rings is 1. The van der Waals surface area contributed by atoms with E-state index in [1.165, 1.54) is 4.90 Å². The molecule has 3 aromatic rings. The number of methoxy groups -OCH3 is 1. The summed E-state index contributed by atoms with van der Waals surface area (Å²) >= 11 is 1.83. The van der Waals surface area contributed by atoms with Crippen molar-refractivity contribution in [1.29, 1.82) is 0 Å². The summed E-state index contributed by atoms with van der Waals surface area (Å²) in [5, 5.41) is 10.3. The van der Waals surface area contributed by atoms with Crippen molar-refractivity contribution in [2.45, 2.75) is 30.6 Å². The number of carbonyl (C=O) groups excluding carboxylic acids is 1. The Hall–Kier alpha value is -2.90. The van der Waals surface area contributed by atoms with Crippen LogP contribution in [0.2, 0.25) is 0 Å². The minimum Gasteiger partial charge on any atom is -0.497 e. The minimum absolute atomic E-state index is 0.0602. The van der Waals surface area contributed by atoms with Crippen molar-refractivity contribution in [3.63, 3.8) is 0 Å². The number of ketones is 1. The van der Waals surface area contributed by atoms with Gasteiger partial charge in [0.15, 0.2) is 5.78 Å². The smallest absolute Gasteiger partial charge is 0.303 e. The van der Waals surface area contributed by atoms with Crippen LogP contribution in [0.15, 0.2) is 65.7 Å². The SMILES string of the molecule is COc1ccc2nccc(C(=O)CC[C@@H]3CCN(CCSc4ccccc4)C[C@@H]3CC(=O)O)c2c1. The van der Waals surface area contributed by atoms with Gasteiger partial charge in [-0.15, -0.1) is 11.8 Å². The zero-order chi connectivity index (χ0) is 24.6. The molecule has 0 bridgehead atoms. The monoisotopic (exact) mass is 492 g/mol. The molecule has 0 amide bonds. The van der Waals surface area contributed by atoms with E-state index in [-0.39, 0.29) is 24.0 Å². The fraction of sp³-hybridized carbons (Fsp3) is 0.393. The molecule has 0 unspecified atom stereocenters.